The van der Waals surface area contributed by atoms with Crippen LogP contribution in [0.5, 0.6) is 0 Å². The van der Waals surface area contributed by atoms with E-state index in [1.165, 1.54) is 16.0 Å². The van der Waals surface area contributed by atoms with E-state index in [0.29, 0.717) is 6.04 Å². The van der Waals surface area contributed by atoms with Crippen LogP contribution >= 0.6 is 22.7 Å². The zero-order chi connectivity index (χ0) is 11.4. The number of aryl methyl sites for hydroxylation is 1. The quantitative estimate of drug-likeness (QED) is 0.851. The molecular weight excluding hydrogens is 234 g/mol. The maximum absolute atomic E-state index is 3.58. The molecule has 2 rings (SSSR count). The SMILES string of the molecule is Cc1ccsc1CNC(C)Cc1ccsc1. The zero-order valence-electron chi connectivity index (χ0n) is 9.69. The van der Waals surface area contributed by atoms with Crippen molar-refractivity contribution in [2.75, 3.05) is 0 Å². The van der Waals surface area contributed by atoms with Crippen LogP contribution in [0.1, 0.15) is 22.9 Å². The van der Waals surface area contributed by atoms with E-state index in [1.807, 2.05) is 11.3 Å². The van der Waals surface area contributed by atoms with Crippen LogP contribution < -0.4 is 5.32 Å². The van der Waals surface area contributed by atoms with Gasteiger partial charge in [0.2, 0.25) is 0 Å². The summed E-state index contributed by atoms with van der Waals surface area (Å²) < 4.78 is 0. The number of hydrogen-bond donors (Lipinski definition) is 1. The zero-order valence-corrected chi connectivity index (χ0v) is 11.3. The lowest BCUT2D eigenvalue weighted by atomic mass is 10.1. The van der Waals surface area contributed by atoms with Gasteiger partial charge in [0.05, 0.1) is 0 Å². The van der Waals surface area contributed by atoms with Crippen molar-refractivity contribution in [1.82, 2.24) is 5.32 Å². The Labute approximate surface area is 105 Å². The molecule has 1 nitrogen and oxygen atoms in total. The minimum absolute atomic E-state index is 0.538. The lowest BCUT2D eigenvalue weighted by Crippen LogP contribution is -2.27. The van der Waals surface area contributed by atoms with E-state index in [9.17, 15) is 0 Å². The average molecular weight is 251 g/mol. The van der Waals surface area contributed by atoms with Gasteiger partial charge in [0.1, 0.15) is 0 Å². The van der Waals surface area contributed by atoms with Gasteiger partial charge < -0.3 is 5.32 Å². The molecule has 0 aliphatic carbocycles. The third-order valence-corrected chi connectivity index (χ3v) is 4.46. The molecule has 1 N–H and O–H groups in total. The predicted molar refractivity (Wildman–Crippen MR) is 73.4 cm³/mol. The van der Waals surface area contributed by atoms with Crippen LogP contribution in [-0.2, 0) is 13.0 Å². The van der Waals surface area contributed by atoms with Crippen LogP contribution in [0, 0.1) is 6.92 Å². The van der Waals surface area contributed by atoms with Crippen molar-refractivity contribution in [2.45, 2.75) is 32.9 Å². The summed E-state index contributed by atoms with van der Waals surface area (Å²) in [5.74, 6) is 0. The second-order valence-corrected chi connectivity index (χ2v) is 5.93. The van der Waals surface area contributed by atoms with Crippen molar-refractivity contribution in [2.24, 2.45) is 0 Å². The summed E-state index contributed by atoms with van der Waals surface area (Å²) in [7, 11) is 0. The van der Waals surface area contributed by atoms with Gasteiger partial charge in [-0.15, -0.1) is 11.3 Å². The summed E-state index contributed by atoms with van der Waals surface area (Å²) in [5.41, 5.74) is 2.84. The molecule has 0 radical (unpaired) electrons. The van der Waals surface area contributed by atoms with Gasteiger partial charge in [0, 0.05) is 17.5 Å². The highest BCUT2D eigenvalue weighted by molar-refractivity contribution is 7.10. The summed E-state index contributed by atoms with van der Waals surface area (Å²) in [6.07, 6.45) is 1.12. The molecule has 3 heteroatoms. The van der Waals surface area contributed by atoms with Gasteiger partial charge in [-0.1, -0.05) is 0 Å². The Morgan fingerprint density at radius 3 is 2.81 bits per heavy atom. The van der Waals surface area contributed by atoms with Crippen molar-refractivity contribution in [1.29, 1.82) is 0 Å². The van der Waals surface area contributed by atoms with E-state index < -0.39 is 0 Å². The number of hydrogen-bond acceptors (Lipinski definition) is 3. The number of nitrogens with one attached hydrogen (secondary N) is 1. The summed E-state index contributed by atoms with van der Waals surface area (Å²) >= 11 is 3.61. The Kier molecular flexibility index (Phi) is 4.16. The van der Waals surface area contributed by atoms with Crippen LogP contribution in [0.3, 0.4) is 0 Å². The average Bonchev–Trinajstić information content (AvgIpc) is 2.87. The first-order chi connectivity index (χ1) is 7.75. The van der Waals surface area contributed by atoms with Gasteiger partial charge in [-0.3, -0.25) is 0 Å². The molecule has 0 bridgehead atoms. The smallest absolute Gasteiger partial charge is 0.0304 e. The molecule has 16 heavy (non-hydrogen) atoms. The maximum atomic E-state index is 3.58. The van der Waals surface area contributed by atoms with Gasteiger partial charge in [0.25, 0.3) is 0 Å². The van der Waals surface area contributed by atoms with Crippen LogP contribution in [-0.4, -0.2) is 6.04 Å². The van der Waals surface area contributed by atoms with Crippen LogP contribution in [0.15, 0.2) is 28.3 Å². The van der Waals surface area contributed by atoms with E-state index in [-0.39, 0.29) is 0 Å². The fourth-order valence-electron chi connectivity index (χ4n) is 1.69. The number of thiophene rings is 2. The van der Waals surface area contributed by atoms with E-state index in [2.05, 4.69) is 47.4 Å². The largest absolute Gasteiger partial charge is 0.309 e. The molecular formula is C13H17NS2. The molecule has 0 aromatic carbocycles. The molecule has 2 aromatic rings. The molecule has 1 atom stereocenters. The van der Waals surface area contributed by atoms with E-state index in [0.717, 1.165) is 13.0 Å². The van der Waals surface area contributed by atoms with Crippen molar-refractivity contribution >= 4 is 22.7 Å². The molecule has 0 saturated carbocycles. The van der Waals surface area contributed by atoms with E-state index >= 15 is 0 Å². The highest BCUT2D eigenvalue weighted by Gasteiger charge is 2.05. The Hall–Kier alpha value is -0.640. The Morgan fingerprint density at radius 1 is 1.31 bits per heavy atom. The third-order valence-electron chi connectivity index (χ3n) is 2.70. The summed E-state index contributed by atoms with van der Waals surface area (Å²) in [6.45, 7) is 5.42. The van der Waals surface area contributed by atoms with Crippen LogP contribution in [0.4, 0.5) is 0 Å². The molecule has 0 aliphatic heterocycles. The summed E-state index contributed by atoms with van der Waals surface area (Å²) in [5, 5.41) is 10.1. The summed E-state index contributed by atoms with van der Waals surface area (Å²) in [6, 6.07) is 4.93. The van der Waals surface area contributed by atoms with Crippen molar-refractivity contribution in [3.05, 3.63) is 44.3 Å². The van der Waals surface area contributed by atoms with E-state index in [4.69, 9.17) is 0 Å². The Morgan fingerprint density at radius 2 is 2.19 bits per heavy atom. The first kappa shape index (κ1) is 11.8. The Bertz CT molecular complexity index is 417. The van der Waals surface area contributed by atoms with E-state index in [1.54, 1.807) is 11.3 Å². The maximum Gasteiger partial charge on any atom is 0.0304 e. The van der Waals surface area contributed by atoms with Gasteiger partial charge in [0.15, 0.2) is 0 Å². The molecule has 0 amide bonds. The molecule has 2 heterocycles. The first-order valence-corrected chi connectivity index (χ1v) is 7.35. The standard InChI is InChI=1S/C13H17NS2/c1-10-3-6-16-13(10)8-14-11(2)7-12-4-5-15-9-12/h3-6,9,11,14H,7-8H2,1-2H3. The van der Waals surface area contributed by atoms with Gasteiger partial charge >= 0.3 is 0 Å². The van der Waals surface area contributed by atoms with Crippen molar-refractivity contribution < 1.29 is 0 Å². The fraction of sp³-hybridized carbons (Fsp3) is 0.385. The molecule has 0 aliphatic rings. The molecule has 2 aromatic heterocycles. The normalized spacial score (nSPS) is 12.9. The lowest BCUT2D eigenvalue weighted by Gasteiger charge is -2.12. The lowest BCUT2D eigenvalue weighted by molar-refractivity contribution is 0.548. The van der Waals surface area contributed by atoms with Crippen molar-refractivity contribution in [3.63, 3.8) is 0 Å². The highest BCUT2D eigenvalue weighted by Crippen LogP contribution is 2.15. The minimum atomic E-state index is 0.538. The Balaban J connectivity index is 1.80. The fourth-order valence-corrected chi connectivity index (χ4v) is 3.23. The third kappa shape index (κ3) is 3.17. The van der Waals surface area contributed by atoms with Crippen LogP contribution in [0.25, 0.3) is 0 Å². The topological polar surface area (TPSA) is 12.0 Å². The highest BCUT2D eigenvalue weighted by atomic mass is 32.1. The molecule has 1 unspecified atom stereocenters. The van der Waals surface area contributed by atoms with Gasteiger partial charge in [-0.2, -0.15) is 11.3 Å². The minimum Gasteiger partial charge on any atom is -0.309 e. The van der Waals surface area contributed by atoms with Crippen LogP contribution in [0.2, 0.25) is 0 Å². The molecule has 0 fully saturated rings. The first-order valence-electron chi connectivity index (χ1n) is 5.53. The molecule has 86 valence electrons. The van der Waals surface area contributed by atoms with Crippen molar-refractivity contribution in [3.8, 4) is 0 Å². The van der Waals surface area contributed by atoms with Gasteiger partial charge in [-0.25, -0.2) is 0 Å². The summed E-state index contributed by atoms with van der Waals surface area (Å²) in [4.78, 5) is 1.46. The monoisotopic (exact) mass is 251 g/mol. The number of rotatable bonds is 5. The molecule has 0 spiro atoms. The van der Waals surface area contributed by atoms with Gasteiger partial charge in [-0.05, 0) is 59.7 Å². The second kappa shape index (κ2) is 5.62. The molecule has 0 saturated heterocycles. The predicted octanol–water partition coefficient (Wildman–Crippen LogP) is 3.84. The second-order valence-electron chi connectivity index (χ2n) is 4.14.